The molecule has 0 spiro atoms. The van der Waals surface area contributed by atoms with Crippen molar-refractivity contribution in [3.8, 4) is 11.5 Å². The van der Waals surface area contributed by atoms with Crippen LogP contribution in [0.1, 0.15) is 50.7 Å². The number of halogens is 1. The molecule has 4 heteroatoms. The number of hydrogen-bond donors (Lipinski definition) is 1. The van der Waals surface area contributed by atoms with Gasteiger partial charge in [-0.3, -0.25) is 0 Å². The first-order chi connectivity index (χ1) is 9.88. The predicted octanol–water partition coefficient (Wildman–Crippen LogP) is 3.68. The highest BCUT2D eigenvalue weighted by Gasteiger charge is 2.38. The Balaban J connectivity index is 2.61. The van der Waals surface area contributed by atoms with Gasteiger partial charge in [0.25, 0.3) is 0 Å². The summed E-state index contributed by atoms with van der Waals surface area (Å²) in [6.45, 7) is 3.63. The fraction of sp³-hybridized carbons (Fsp3) is 0.647. The van der Waals surface area contributed by atoms with Crippen molar-refractivity contribution in [2.24, 2.45) is 5.73 Å². The van der Waals surface area contributed by atoms with Gasteiger partial charge in [0, 0.05) is 23.1 Å². The molecule has 1 aromatic carbocycles. The summed E-state index contributed by atoms with van der Waals surface area (Å²) in [4.78, 5) is 0. The summed E-state index contributed by atoms with van der Waals surface area (Å²) in [5.74, 6) is 1.28. The Labute approximate surface area is 126 Å². The molecule has 21 heavy (non-hydrogen) atoms. The van der Waals surface area contributed by atoms with E-state index in [-0.39, 0.29) is 5.41 Å². The van der Waals surface area contributed by atoms with Gasteiger partial charge in [0.05, 0.1) is 14.2 Å². The first-order valence-electron chi connectivity index (χ1n) is 7.54. The van der Waals surface area contributed by atoms with E-state index in [0.717, 1.165) is 18.4 Å². The van der Waals surface area contributed by atoms with E-state index in [1.54, 1.807) is 20.3 Å². The number of ether oxygens (including phenoxy) is 2. The Bertz CT molecular complexity index is 502. The molecule has 0 bridgehead atoms. The Kier molecular flexibility index (Phi) is 4.47. The second-order valence-electron chi connectivity index (χ2n) is 6.42. The standard InChI is InChI=1S/C17H26FNO2/c1-16(2,18)12-9-15(21-4)13(10-14(12)20-3)17(11-19)7-5-6-8-17/h9-10H,5-8,11,19H2,1-4H3. The monoisotopic (exact) mass is 295 g/mol. The van der Waals surface area contributed by atoms with Crippen LogP contribution in [0.2, 0.25) is 0 Å². The molecule has 1 aliphatic carbocycles. The van der Waals surface area contributed by atoms with Gasteiger partial charge in [-0.2, -0.15) is 0 Å². The number of nitrogens with two attached hydrogens (primary N) is 1. The predicted molar refractivity (Wildman–Crippen MR) is 82.9 cm³/mol. The van der Waals surface area contributed by atoms with Crippen LogP contribution in [0.5, 0.6) is 11.5 Å². The van der Waals surface area contributed by atoms with Gasteiger partial charge < -0.3 is 15.2 Å². The van der Waals surface area contributed by atoms with Gasteiger partial charge in [0.1, 0.15) is 17.2 Å². The van der Waals surface area contributed by atoms with Gasteiger partial charge in [-0.1, -0.05) is 12.8 Å². The molecule has 2 rings (SSSR count). The van der Waals surface area contributed by atoms with Crippen molar-refractivity contribution in [3.05, 3.63) is 23.3 Å². The van der Waals surface area contributed by atoms with Crippen molar-refractivity contribution in [1.82, 2.24) is 0 Å². The van der Waals surface area contributed by atoms with Crippen LogP contribution in [0.4, 0.5) is 4.39 Å². The second kappa shape index (κ2) is 5.84. The van der Waals surface area contributed by atoms with Crippen LogP contribution in [-0.4, -0.2) is 20.8 Å². The molecule has 0 saturated heterocycles. The Morgan fingerprint density at radius 3 is 2.14 bits per heavy atom. The maximum Gasteiger partial charge on any atom is 0.134 e. The molecule has 0 heterocycles. The van der Waals surface area contributed by atoms with Crippen molar-refractivity contribution >= 4 is 0 Å². The van der Waals surface area contributed by atoms with Crippen molar-refractivity contribution in [1.29, 1.82) is 0 Å². The highest BCUT2D eigenvalue weighted by molar-refractivity contribution is 5.52. The van der Waals surface area contributed by atoms with E-state index in [1.807, 2.05) is 6.07 Å². The number of benzene rings is 1. The summed E-state index contributed by atoms with van der Waals surface area (Å²) >= 11 is 0. The first kappa shape index (κ1) is 16.1. The molecule has 0 aliphatic heterocycles. The lowest BCUT2D eigenvalue weighted by Gasteiger charge is -2.31. The van der Waals surface area contributed by atoms with Crippen molar-refractivity contribution < 1.29 is 13.9 Å². The number of hydrogen-bond acceptors (Lipinski definition) is 3. The third-order valence-corrected chi connectivity index (χ3v) is 4.68. The Hall–Kier alpha value is -1.29. The fourth-order valence-corrected chi connectivity index (χ4v) is 3.41. The molecule has 0 atom stereocenters. The van der Waals surface area contributed by atoms with Crippen LogP contribution in [0.3, 0.4) is 0 Å². The molecular formula is C17H26FNO2. The lowest BCUT2D eigenvalue weighted by molar-refractivity contribution is 0.212. The van der Waals surface area contributed by atoms with Crippen molar-refractivity contribution in [2.45, 2.75) is 50.6 Å². The summed E-state index contributed by atoms with van der Waals surface area (Å²) in [7, 11) is 3.20. The zero-order chi connectivity index (χ0) is 15.7. The first-order valence-corrected chi connectivity index (χ1v) is 7.54. The molecule has 3 nitrogen and oxygen atoms in total. The van der Waals surface area contributed by atoms with Crippen LogP contribution in [0.25, 0.3) is 0 Å². The van der Waals surface area contributed by atoms with Gasteiger partial charge in [0.15, 0.2) is 0 Å². The van der Waals surface area contributed by atoms with Crippen LogP contribution in [-0.2, 0) is 11.1 Å². The molecule has 2 N–H and O–H groups in total. The van der Waals surface area contributed by atoms with Gasteiger partial charge in [-0.25, -0.2) is 4.39 Å². The minimum Gasteiger partial charge on any atom is -0.496 e. The maximum absolute atomic E-state index is 14.4. The molecule has 1 fully saturated rings. The lowest BCUT2D eigenvalue weighted by atomic mass is 9.77. The number of alkyl halides is 1. The smallest absolute Gasteiger partial charge is 0.134 e. The Morgan fingerprint density at radius 2 is 1.71 bits per heavy atom. The largest absolute Gasteiger partial charge is 0.496 e. The SMILES string of the molecule is COc1cc(C2(CN)CCCC2)c(OC)cc1C(C)(C)F. The van der Waals surface area contributed by atoms with Crippen molar-refractivity contribution in [3.63, 3.8) is 0 Å². The van der Waals surface area contributed by atoms with Crippen LogP contribution < -0.4 is 15.2 Å². The summed E-state index contributed by atoms with van der Waals surface area (Å²) in [5, 5.41) is 0. The van der Waals surface area contributed by atoms with E-state index in [9.17, 15) is 4.39 Å². The zero-order valence-corrected chi connectivity index (χ0v) is 13.5. The van der Waals surface area contributed by atoms with E-state index >= 15 is 0 Å². The average Bonchev–Trinajstić information content (AvgIpc) is 2.94. The summed E-state index contributed by atoms with van der Waals surface area (Å²) < 4.78 is 25.4. The maximum atomic E-state index is 14.4. The van der Waals surface area contributed by atoms with Crippen molar-refractivity contribution in [2.75, 3.05) is 20.8 Å². The average molecular weight is 295 g/mol. The highest BCUT2D eigenvalue weighted by Crippen LogP contribution is 2.47. The lowest BCUT2D eigenvalue weighted by Crippen LogP contribution is -2.32. The zero-order valence-electron chi connectivity index (χ0n) is 13.5. The van der Waals surface area contributed by atoms with Gasteiger partial charge in [-0.15, -0.1) is 0 Å². The molecule has 1 aromatic rings. The second-order valence-corrected chi connectivity index (χ2v) is 6.42. The number of rotatable bonds is 5. The van der Waals surface area contributed by atoms with Gasteiger partial charge in [-0.05, 0) is 38.8 Å². The molecular weight excluding hydrogens is 269 g/mol. The normalized spacial score (nSPS) is 17.8. The summed E-state index contributed by atoms with van der Waals surface area (Å²) in [6, 6.07) is 3.69. The minimum absolute atomic E-state index is 0.0718. The molecule has 0 aromatic heterocycles. The molecule has 0 unspecified atom stereocenters. The van der Waals surface area contributed by atoms with Crippen LogP contribution in [0, 0.1) is 0 Å². The van der Waals surface area contributed by atoms with Gasteiger partial charge >= 0.3 is 0 Å². The third kappa shape index (κ3) is 2.86. The van der Waals surface area contributed by atoms with E-state index in [2.05, 4.69) is 0 Å². The van der Waals surface area contributed by atoms with Crippen LogP contribution >= 0.6 is 0 Å². The van der Waals surface area contributed by atoms with Gasteiger partial charge in [0.2, 0.25) is 0 Å². The molecule has 1 aliphatic rings. The minimum atomic E-state index is -1.48. The highest BCUT2D eigenvalue weighted by atomic mass is 19.1. The number of methoxy groups -OCH3 is 2. The molecule has 118 valence electrons. The van der Waals surface area contributed by atoms with E-state index < -0.39 is 5.67 Å². The van der Waals surface area contributed by atoms with E-state index in [4.69, 9.17) is 15.2 Å². The van der Waals surface area contributed by atoms with E-state index in [1.165, 1.54) is 26.7 Å². The Morgan fingerprint density at radius 1 is 1.14 bits per heavy atom. The quantitative estimate of drug-likeness (QED) is 0.901. The topological polar surface area (TPSA) is 44.5 Å². The summed E-state index contributed by atoms with van der Waals surface area (Å²) in [6.07, 6.45) is 4.42. The van der Waals surface area contributed by atoms with Crippen LogP contribution in [0.15, 0.2) is 12.1 Å². The third-order valence-electron chi connectivity index (χ3n) is 4.68. The fourth-order valence-electron chi connectivity index (χ4n) is 3.41. The molecule has 1 saturated carbocycles. The molecule has 0 amide bonds. The molecule has 0 radical (unpaired) electrons. The summed E-state index contributed by atoms with van der Waals surface area (Å²) in [5.41, 5.74) is 6.07. The van der Waals surface area contributed by atoms with E-state index in [0.29, 0.717) is 23.6 Å².